The van der Waals surface area contributed by atoms with E-state index in [0.29, 0.717) is 9.37 Å². The predicted octanol–water partition coefficient (Wildman–Crippen LogP) is 2.13. The van der Waals surface area contributed by atoms with Crippen molar-refractivity contribution in [1.29, 1.82) is 0 Å². The number of halogens is 1. The molecule has 0 aliphatic carbocycles. The van der Waals surface area contributed by atoms with E-state index >= 15 is 0 Å². The number of carbonyl (C=O) groups is 2. The first-order valence-corrected chi connectivity index (χ1v) is 4.66. The molecule has 1 aromatic rings. The molecule has 0 unspecified atom stereocenters. The summed E-state index contributed by atoms with van der Waals surface area (Å²) in [6.07, 6.45) is 0. The molecule has 6 heteroatoms. The van der Waals surface area contributed by atoms with E-state index in [1.807, 2.05) is 0 Å². The van der Waals surface area contributed by atoms with Crippen LogP contribution in [0.4, 0.5) is 0 Å². The molecule has 0 radical (unpaired) electrons. The van der Waals surface area contributed by atoms with Crippen molar-refractivity contribution in [3.8, 4) is 0 Å². The number of carboxylic acids is 2. The number of thiol groups is 1. The van der Waals surface area contributed by atoms with Crippen LogP contribution in [0.3, 0.4) is 0 Å². The van der Waals surface area contributed by atoms with Gasteiger partial charge in [0.05, 0.1) is 11.1 Å². The van der Waals surface area contributed by atoms with Crippen molar-refractivity contribution in [2.75, 3.05) is 0 Å². The summed E-state index contributed by atoms with van der Waals surface area (Å²) in [7, 11) is 0. The molecular weight excluding hydrogens is 272 g/mol. The highest BCUT2D eigenvalue weighted by Gasteiger charge is 2.17. The normalized spacial score (nSPS) is 9.86. The van der Waals surface area contributed by atoms with Crippen molar-refractivity contribution in [2.24, 2.45) is 0 Å². The minimum Gasteiger partial charge on any atom is -0.478 e. The molecule has 0 saturated heterocycles. The molecule has 0 spiro atoms. The van der Waals surface area contributed by atoms with Gasteiger partial charge in [-0.15, -0.1) is 12.6 Å². The summed E-state index contributed by atoms with van der Waals surface area (Å²) in [6.45, 7) is 0. The first-order valence-electron chi connectivity index (χ1n) is 3.42. The molecule has 0 heterocycles. The number of rotatable bonds is 2. The first-order chi connectivity index (χ1) is 6.43. The van der Waals surface area contributed by atoms with Crippen LogP contribution in [-0.2, 0) is 0 Å². The van der Waals surface area contributed by atoms with Gasteiger partial charge >= 0.3 is 11.9 Å². The number of benzene rings is 1. The summed E-state index contributed by atoms with van der Waals surface area (Å²) >= 11 is 7.04. The summed E-state index contributed by atoms with van der Waals surface area (Å²) in [6, 6.07) is 2.41. The fraction of sp³-hybridized carbons (Fsp3) is 0. The molecule has 1 rings (SSSR count). The van der Waals surface area contributed by atoms with Crippen LogP contribution in [0.2, 0.25) is 0 Å². The molecule has 74 valence electrons. The van der Waals surface area contributed by atoms with Crippen molar-refractivity contribution < 1.29 is 19.8 Å². The Hall–Kier alpha value is -1.01. The van der Waals surface area contributed by atoms with Crippen LogP contribution in [-0.4, -0.2) is 22.2 Å². The minimum absolute atomic E-state index is 0.262. The molecule has 0 bridgehead atoms. The smallest absolute Gasteiger partial charge is 0.336 e. The molecular formula is C8H5BrO4S. The van der Waals surface area contributed by atoms with E-state index in [4.69, 9.17) is 10.2 Å². The molecule has 14 heavy (non-hydrogen) atoms. The van der Waals surface area contributed by atoms with E-state index in [2.05, 4.69) is 28.6 Å². The second-order valence-corrected chi connectivity index (χ2v) is 3.80. The van der Waals surface area contributed by atoms with Gasteiger partial charge in [0.15, 0.2) is 0 Å². The Kier molecular flexibility index (Phi) is 3.17. The Morgan fingerprint density at radius 2 is 1.57 bits per heavy atom. The van der Waals surface area contributed by atoms with Crippen LogP contribution in [0, 0.1) is 0 Å². The lowest BCUT2D eigenvalue weighted by Crippen LogP contribution is -2.08. The van der Waals surface area contributed by atoms with Crippen molar-refractivity contribution in [2.45, 2.75) is 4.90 Å². The van der Waals surface area contributed by atoms with Crippen molar-refractivity contribution in [3.05, 3.63) is 27.7 Å². The van der Waals surface area contributed by atoms with Crippen molar-refractivity contribution in [3.63, 3.8) is 0 Å². The van der Waals surface area contributed by atoms with Gasteiger partial charge in [0.2, 0.25) is 0 Å². The lowest BCUT2D eigenvalue weighted by Gasteiger charge is -2.04. The summed E-state index contributed by atoms with van der Waals surface area (Å²) in [5.41, 5.74) is -0.534. The Labute approximate surface area is 93.1 Å². The highest BCUT2D eigenvalue weighted by Crippen LogP contribution is 2.25. The lowest BCUT2D eigenvalue weighted by molar-refractivity contribution is 0.0651. The minimum atomic E-state index is -1.29. The molecule has 0 aliphatic rings. The molecule has 0 amide bonds. The highest BCUT2D eigenvalue weighted by molar-refractivity contribution is 9.10. The summed E-state index contributed by atoms with van der Waals surface area (Å²) < 4.78 is 0.447. The van der Waals surface area contributed by atoms with Crippen LogP contribution in [0.25, 0.3) is 0 Å². The zero-order valence-electron chi connectivity index (χ0n) is 6.69. The van der Waals surface area contributed by atoms with Crippen LogP contribution in [0.5, 0.6) is 0 Å². The summed E-state index contributed by atoms with van der Waals surface area (Å²) in [4.78, 5) is 21.7. The lowest BCUT2D eigenvalue weighted by atomic mass is 10.1. The van der Waals surface area contributed by atoms with E-state index in [-0.39, 0.29) is 11.1 Å². The zero-order chi connectivity index (χ0) is 10.9. The van der Waals surface area contributed by atoms with Gasteiger partial charge in [-0.25, -0.2) is 9.59 Å². The van der Waals surface area contributed by atoms with Crippen LogP contribution in [0.15, 0.2) is 21.5 Å². The third kappa shape index (κ3) is 2.08. The number of carboxylic acid groups (broad SMARTS) is 2. The van der Waals surface area contributed by atoms with E-state index < -0.39 is 11.9 Å². The molecule has 0 aromatic heterocycles. The number of aromatic carboxylic acids is 2. The Morgan fingerprint density at radius 3 is 2.00 bits per heavy atom. The molecule has 0 atom stereocenters. The molecule has 4 nitrogen and oxygen atoms in total. The third-order valence-corrected chi connectivity index (χ3v) is 2.88. The van der Waals surface area contributed by atoms with Crippen LogP contribution in [0.1, 0.15) is 20.7 Å². The van der Waals surface area contributed by atoms with Gasteiger partial charge in [-0.3, -0.25) is 0 Å². The maximum atomic E-state index is 10.7. The van der Waals surface area contributed by atoms with Gasteiger partial charge in [0.25, 0.3) is 0 Å². The average molecular weight is 277 g/mol. The molecule has 0 aliphatic heterocycles. The highest BCUT2D eigenvalue weighted by atomic mass is 79.9. The topological polar surface area (TPSA) is 74.6 Å². The third-order valence-electron chi connectivity index (χ3n) is 1.55. The molecule has 0 fully saturated rings. The quantitative estimate of drug-likeness (QED) is 0.724. The van der Waals surface area contributed by atoms with E-state index in [9.17, 15) is 9.59 Å². The van der Waals surface area contributed by atoms with Gasteiger partial charge < -0.3 is 10.2 Å². The van der Waals surface area contributed by atoms with Crippen molar-refractivity contribution in [1.82, 2.24) is 0 Å². The van der Waals surface area contributed by atoms with Crippen LogP contribution < -0.4 is 0 Å². The van der Waals surface area contributed by atoms with Gasteiger partial charge in [-0.1, -0.05) is 0 Å². The fourth-order valence-electron chi connectivity index (χ4n) is 0.916. The Morgan fingerprint density at radius 1 is 1.14 bits per heavy atom. The second-order valence-electron chi connectivity index (χ2n) is 2.46. The van der Waals surface area contributed by atoms with E-state index in [1.54, 1.807) is 0 Å². The van der Waals surface area contributed by atoms with Gasteiger partial charge in [0.1, 0.15) is 0 Å². The van der Waals surface area contributed by atoms with E-state index in [0.717, 1.165) is 0 Å². The van der Waals surface area contributed by atoms with Crippen molar-refractivity contribution >= 4 is 40.5 Å². The average Bonchev–Trinajstić information content (AvgIpc) is 2.08. The zero-order valence-corrected chi connectivity index (χ0v) is 9.17. The largest absolute Gasteiger partial charge is 0.478 e. The standard InChI is InChI=1S/C8H5BrO4S/c9-5-1-3(7(10)11)4(8(12)13)2-6(5)14/h1-2,14H,(H,10,11)(H,12,13). The molecule has 0 saturated carbocycles. The second kappa shape index (κ2) is 4.02. The van der Waals surface area contributed by atoms with Gasteiger partial charge in [0, 0.05) is 9.37 Å². The number of hydrogen-bond acceptors (Lipinski definition) is 3. The van der Waals surface area contributed by atoms with E-state index in [1.165, 1.54) is 12.1 Å². The first kappa shape index (κ1) is 11.1. The monoisotopic (exact) mass is 276 g/mol. The van der Waals surface area contributed by atoms with Crippen LogP contribution >= 0.6 is 28.6 Å². The summed E-state index contributed by atoms with van der Waals surface area (Å²) in [5, 5.41) is 17.4. The van der Waals surface area contributed by atoms with Gasteiger partial charge in [-0.2, -0.15) is 0 Å². The maximum absolute atomic E-state index is 10.7. The predicted molar refractivity (Wildman–Crippen MR) is 55.3 cm³/mol. The number of hydrogen-bond donors (Lipinski definition) is 3. The maximum Gasteiger partial charge on any atom is 0.336 e. The molecule has 2 N–H and O–H groups in total. The molecule has 1 aromatic carbocycles. The Bertz CT molecular complexity index is 377. The SMILES string of the molecule is O=C(O)c1cc(S)c(Br)cc1C(=O)O. The van der Waals surface area contributed by atoms with Gasteiger partial charge in [-0.05, 0) is 28.1 Å². The fourth-order valence-corrected chi connectivity index (χ4v) is 1.45. The summed E-state index contributed by atoms with van der Waals surface area (Å²) in [5.74, 6) is -2.57. The Balaban J connectivity index is 3.46.